The van der Waals surface area contributed by atoms with Crippen molar-refractivity contribution in [3.63, 3.8) is 0 Å². The Hall–Kier alpha value is -2.43. The fourth-order valence-corrected chi connectivity index (χ4v) is 2.75. The van der Waals surface area contributed by atoms with Gasteiger partial charge >= 0.3 is 5.92 Å². The molecule has 0 aromatic heterocycles. The smallest absolute Gasteiger partial charge is 0.348 e. The van der Waals surface area contributed by atoms with Crippen molar-refractivity contribution in [3.8, 4) is 5.75 Å². The zero-order chi connectivity index (χ0) is 15.7. The Morgan fingerprint density at radius 2 is 1.73 bits per heavy atom. The van der Waals surface area contributed by atoms with E-state index in [0.717, 1.165) is 5.56 Å². The van der Waals surface area contributed by atoms with E-state index < -0.39 is 17.9 Å². The normalized spacial score (nSPS) is 19.7. The summed E-state index contributed by atoms with van der Waals surface area (Å²) in [6, 6.07) is 14.4. The molecule has 1 unspecified atom stereocenters. The molecule has 1 fully saturated rings. The molecule has 0 saturated carbocycles. The van der Waals surface area contributed by atoms with Crippen molar-refractivity contribution in [2.24, 2.45) is 0 Å². The quantitative estimate of drug-likeness (QED) is 0.810. The number of para-hydroxylation sites is 1. The highest BCUT2D eigenvalue weighted by molar-refractivity contribution is 5.92. The number of methoxy groups -OCH3 is 1. The molecule has 2 aromatic carbocycles. The standard InChI is InChI=1S/C17H15F2NO2/c1-22-14-10-6-5-9-13(14)15-17(18,19)16(21)20(15)11-12-7-3-2-4-8-12/h2-10,15H,11H2,1H3. The van der Waals surface area contributed by atoms with E-state index in [0.29, 0.717) is 11.3 Å². The molecule has 1 atom stereocenters. The summed E-state index contributed by atoms with van der Waals surface area (Å²) < 4.78 is 33.4. The highest BCUT2D eigenvalue weighted by Crippen LogP contribution is 2.50. The number of hydrogen-bond acceptors (Lipinski definition) is 2. The van der Waals surface area contributed by atoms with E-state index in [1.54, 1.807) is 24.3 Å². The Balaban J connectivity index is 1.94. The van der Waals surface area contributed by atoms with Crippen LogP contribution in [0.4, 0.5) is 8.78 Å². The minimum atomic E-state index is -3.40. The number of alkyl halides is 2. The molecule has 5 heteroatoms. The van der Waals surface area contributed by atoms with Gasteiger partial charge in [0.1, 0.15) is 11.8 Å². The summed E-state index contributed by atoms with van der Waals surface area (Å²) in [7, 11) is 1.43. The number of benzene rings is 2. The first-order chi connectivity index (χ1) is 10.6. The molecule has 3 nitrogen and oxygen atoms in total. The maximum absolute atomic E-state index is 14.1. The van der Waals surface area contributed by atoms with Gasteiger partial charge in [0.15, 0.2) is 0 Å². The summed E-state index contributed by atoms with van der Waals surface area (Å²) in [6.45, 7) is 0.151. The van der Waals surface area contributed by atoms with Crippen molar-refractivity contribution < 1.29 is 18.3 Å². The number of likely N-dealkylation sites (tertiary alicyclic amines) is 1. The summed E-state index contributed by atoms with van der Waals surface area (Å²) in [4.78, 5) is 13.0. The third kappa shape index (κ3) is 2.22. The summed E-state index contributed by atoms with van der Waals surface area (Å²) in [6.07, 6.45) is 0. The SMILES string of the molecule is COc1ccccc1C1N(Cc2ccccc2)C(=O)C1(F)F. The summed E-state index contributed by atoms with van der Waals surface area (Å²) >= 11 is 0. The van der Waals surface area contributed by atoms with E-state index in [1.807, 2.05) is 30.3 Å². The lowest BCUT2D eigenvalue weighted by Crippen LogP contribution is -2.63. The minimum Gasteiger partial charge on any atom is -0.496 e. The van der Waals surface area contributed by atoms with Gasteiger partial charge in [-0.25, -0.2) is 0 Å². The van der Waals surface area contributed by atoms with Crippen molar-refractivity contribution in [1.82, 2.24) is 4.90 Å². The van der Waals surface area contributed by atoms with Crippen LogP contribution in [-0.4, -0.2) is 23.8 Å². The van der Waals surface area contributed by atoms with Crippen LogP contribution in [0.3, 0.4) is 0 Å². The number of ether oxygens (including phenoxy) is 1. The molecule has 1 amide bonds. The molecule has 0 aliphatic carbocycles. The van der Waals surface area contributed by atoms with E-state index in [2.05, 4.69) is 0 Å². The average Bonchev–Trinajstić information content (AvgIpc) is 2.55. The van der Waals surface area contributed by atoms with Gasteiger partial charge in [-0.2, -0.15) is 8.78 Å². The molecule has 22 heavy (non-hydrogen) atoms. The highest BCUT2D eigenvalue weighted by Gasteiger charge is 2.64. The first-order valence-electron chi connectivity index (χ1n) is 6.91. The molecule has 1 aliphatic heterocycles. The van der Waals surface area contributed by atoms with E-state index in [-0.39, 0.29) is 6.54 Å². The maximum Gasteiger partial charge on any atom is 0.348 e. The second-order valence-corrected chi connectivity index (χ2v) is 5.19. The van der Waals surface area contributed by atoms with Gasteiger partial charge in [0, 0.05) is 12.1 Å². The molecule has 1 saturated heterocycles. The summed E-state index contributed by atoms with van der Waals surface area (Å²) in [5, 5.41) is 0. The number of amides is 1. The molecule has 114 valence electrons. The van der Waals surface area contributed by atoms with Crippen LogP contribution in [0.2, 0.25) is 0 Å². The first kappa shape index (κ1) is 14.5. The fourth-order valence-electron chi connectivity index (χ4n) is 2.75. The Kier molecular flexibility index (Phi) is 3.56. The molecule has 3 rings (SSSR count). The Morgan fingerprint density at radius 1 is 1.09 bits per heavy atom. The van der Waals surface area contributed by atoms with E-state index in [4.69, 9.17) is 4.74 Å². The Bertz CT molecular complexity index is 688. The van der Waals surface area contributed by atoms with Crippen molar-refractivity contribution >= 4 is 5.91 Å². The van der Waals surface area contributed by atoms with E-state index >= 15 is 0 Å². The van der Waals surface area contributed by atoms with Gasteiger partial charge in [0.2, 0.25) is 0 Å². The molecule has 1 heterocycles. The average molecular weight is 303 g/mol. The zero-order valence-corrected chi connectivity index (χ0v) is 12.0. The minimum absolute atomic E-state index is 0.151. The van der Waals surface area contributed by atoms with Gasteiger partial charge in [-0.15, -0.1) is 0 Å². The van der Waals surface area contributed by atoms with Crippen molar-refractivity contribution in [3.05, 3.63) is 65.7 Å². The van der Waals surface area contributed by atoms with Gasteiger partial charge in [0.05, 0.1) is 7.11 Å². The molecule has 0 spiro atoms. The number of carbonyl (C=O) groups is 1. The lowest BCUT2D eigenvalue weighted by atomic mass is 9.88. The van der Waals surface area contributed by atoms with Crippen molar-refractivity contribution in [1.29, 1.82) is 0 Å². The predicted octanol–water partition coefficient (Wildman–Crippen LogP) is 3.41. The zero-order valence-electron chi connectivity index (χ0n) is 12.0. The number of carbonyl (C=O) groups excluding carboxylic acids is 1. The Labute approximate surface area is 127 Å². The topological polar surface area (TPSA) is 29.5 Å². The van der Waals surface area contributed by atoms with Crippen LogP contribution >= 0.6 is 0 Å². The third-order valence-electron chi connectivity index (χ3n) is 3.83. The van der Waals surface area contributed by atoms with Crippen LogP contribution in [0.15, 0.2) is 54.6 Å². The first-order valence-corrected chi connectivity index (χ1v) is 6.91. The van der Waals surface area contributed by atoms with Crippen LogP contribution in [0, 0.1) is 0 Å². The van der Waals surface area contributed by atoms with Crippen LogP contribution in [0.5, 0.6) is 5.75 Å². The maximum atomic E-state index is 14.1. The number of rotatable bonds is 4. The molecule has 0 radical (unpaired) electrons. The van der Waals surface area contributed by atoms with Gasteiger partial charge in [-0.1, -0.05) is 48.5 Å². The van der Waals surface area contributed by atoms with E-state index in [9.17, 15) is 13.6 Å². The molecule has 1 aliphatic rings. The number of nitrogens with zero attached hydrogens (tertiary/aromatic N) is 1. The Morgan fingerprint density at radius 3 is 2.41 bits per heavy atom. The fraction of sp³-hybridized carbons (Fsp3) is 0.235. The van der Waals surface area contributed by atoms with Gasteiger partial charge < -0.3 is 9.64 Å². The van der Waals surface area contributed by atoms with Crippen LogP contribution in [0.25, 0.3) is 0 Å². The molecule has 2 aromatic rings. The van der Waals surface area contributed by atoms with Crippen molar-refractivity contribution in [2.75, 3.05) is 7.11 Å². The second kappa shape index (κ2) is 5.40. The highest BCUT2D eigenvalue weighted by atomic mass is 19.3. The van der Waals surface area contributed by atoms with Gasteiger partial charge in [0.25, 0.3) is 5.91 Å². The van der Waals surface area contributed by atoms with E-state index in [1.165, 1.54) is 12.0 Å². The summed E-state index contributed by atoms with van der Waals surface area (Å²) in [5.74, 6) is -4.19. The van der Waals surface area contributed by atoms with Gasteiger partial charge in [-0.05, 0) is 11.6 Å². The lowest BCUT2D eigenvalue weighted by Gasteiger charge is -2.47. The molecule has 0 bridgehead atoms. The third-order valence-corrected chi connectivity index (χ3v) is 3.83. The molecule has 0 N–H and O–H groups in total. The monoisotopic (exact) mass is 303 g/mol. The number of halogens is 2. The molecular weight excluding hydrogens is 288 g/mol. The largest absolute Gasteiger partial charge is 0.496 e. The molecular formula is C17H15F2NO2. The number of hydrogen-bond donors (Lipinski definition) is 0. The predicted molar refractivity (Wildman–Crippen MR) is 77.7 cm³/mol. The van der Waals surface area contributed by atoms with Crippen LogP contribution in [0.1, 0.15) is 17.2 Å². The summed E-state index contributed by atoms with van der Waals surface area (Å²) in [5.41, 5.74) is 1.14. The van der Waals surface area contributed by atoms with Crippen LogP contribution in [-0.2, 0) is 11.3 Å². The lowest BCUT2D eigenvalue weighted by molar-refractivity contribution is -0.207. The van der Waals surface area contributed by atoms with Gasteiger partial charge in [-0.3, -0.25) is 4.79 Å². The second-order valence-electron chi connectivity index (χ2n) is 5.19. The van der Waals surface area contributed by atoms with Crippen molar-refractivity contribution in [2.45, 2.75) is 18.5 Å². The number of β-lactam (4-membered cyclic amide) rings is 1. The van der Waals surface area contributed by atoms with Crippen LogP contribution < -0.4 is 4.74 Å².